The predicted molar refractivity (Wildman–Crippen MR) is 60.1 cm³/mol. The van der Waals surface area contributed by atoms with Gasteiger partial charge in [0.05, 0.1) is 13.0 Å². The Hall–Kier alpha value is -0.540. The number of benzene rings is 1. The van der Waals surface area contributed by atoms with Crippen LogP contribution in [0.25, 0.3) is 0 Å². The first kappa shape index (κ1) is 11.5. The van der Waals surface area contributed by atoms with E-state index in [1.807, 2.05) is 18.2 Å². The van der Waals surface area contributed by atoms with Gasteiger partial charge in [0.2, 0.25) is 0 Å². The van der Waals surface area contributed by atoms with E-state index in [4.69, 9.17) is 16.3 Å². The van der Waals surface area contributed by atoms with E-state index in [-0.39, 0.29) is 11.7 Å². The lowest BCUT2D eigenvalue weighted by Gasteiger charge is -2.07. The molecule has 1 rings (SSSR count). The summed E-state index contributed by atoms with van der Waals surface area (Å²) >= 11 is 8.76. The molecule has 0 unspecified atom stereocenters. The summed E-state index contributed by atoms with van der Waals surface area (Å²) in [6, 6.07) is 5.56. The van der Waals surface area contributed by atoms with Crippen LogP contribution in [0, 0.1) is 0 Å². The number of hydrogen-bond donors (Lipinski definition) is 0. The molecule has 0 aliphatic carbocycles. The van der Waals surface area contributed by atoms with Crippen LogP contribution in [0.1, 0.15) is 5.56 Å². The van der Waals surface area contributed by atoms with Gasteiger partial charge in [0.25, 0.3) is 0 Å². The maximum absolute atomic E-state index is 11.1. The van der Waals surface area contributed by atoms with Crippen molar-refractivity contribution in [2.45, 2.75) is 6.42 Å². The van der Waals surface area contributed by atoms with Crippen LogP contribution in [0.4, 0.5) is 0 Å². The van der Waals surface area contributed by atoms with Gasteiger partial charge >= 0.3 is 0 Å². The monoisotopic (exact) mass is 276 g/mol. The molecule has 0 fully saturated rings. The first-order chi connectivity index (χ1) is 6.67. The molecule has 1 aromatic rings. The Labute approximate surface area is 96.3 Å². The summed E-state index contributed by atoms with van der Waals surface area (Å²) in [5.74, 6) is 0.740. The van der Waals surface area contributed by atoms with Crippen LogP contribution < -0.4 is 4.74 Å². The Morgan fingerprint density at radius 2 is 2.29 bits per heavy atom. The van der Waals surface area contributed by atoms with Gasteiger partial charge in [-0.15, -0.1) is 11.6 Å². The van der Waals surface area contributed by atoms with E-state index >= 15 is 0 Å². The lowest BCUT2D eigenvalue weighted by molar-refractivity contribution is -0.116. The van der Waals surface area contributed by atoms with Crippen molar-refractivity contribution in [3.8, 4) is 5.75 Å². The van der Waals surface area contributed by atoms with Crippen molar-refractivity contribution in [2.75, 3.05) is 13.0 Å². The molecular formula is C10H10BrClO2. The molecular weight excluding hydrogens is 267 g/mol. The van der Waals surface area contributed by atoms with Crippen LogP contribution in [0.3, 0.4) is 0 Å². The molecule has 14 heavy (non-hydrogen) atoms. The zero-order valence-corrected chi connectivity index (χ0v) is 10.1. The Balaban J connectivity index is 2.90. The van der Waals surface area contributed by atoms with Crippen LogP contribution in [0.2, 0.25) is 0 Å². The van der Waals surface area contributed by atoms with Crippen molar-refractivity contribution in [1.82, 2.24) is 0 Å². The quantitative estimate of drug-likeness (QED) is 0.791. The first-order valence-corrected chi connectivity index (χ1v) is 5.40. The highest BCUT2D eigenvalue weighted by molar-refractivity contribution is 9.10. The molecule has 0 atom stereocenters. The van der Waals surface area contributed by atoms with Crippen molar-refractivity contribution in [2.24, 2.45) is 0 Å². The van der Waals surface area contributed by atoms with Gasteiger partial charge in [-0.3, -0.25) is 4.79 Å². The lowest BCUT2D eigenvalue weighted by atomic mass is 10.1. The van der Waals surface area contributed by atoms with Crippen molar-refractivity contribution < 1.29 is 9.53 Å². The van der Waals surface area contributed by atoms with Crippen LogP contribution >= 0.6 is 27.5 Å². The molecule has 0 bridgehead atoms. The summed E-state index contributed by atoms with van der Waals surface area (Å²) in [5, 5.41) is 0. The van der Waals surface area contributed by atoms with Gasteiger partial charge in [0.1, 0.15) is 5.75 Å². The zero-order chi connectivity index (χ0) is 10.6. The van der Waals surface area contributed by atoms with E-state index < -0.39 is 0 Å². The van der Waals surface area contributed by atoms with Crippen molar-refractivity contribution in [3.05, 3.63) is 28.2 Å². The molecule has 0 saturated heterocycles. The SMILES string of the molecule is COc1cc(Br)ccc1CC(=O)CCl. The third-order valence-corrected chi connectivity index (χ3v) is 2.58. The van der Waals surface area contributed by atoms with Crippen molar-refractivity contribution in [1.29, 1.82) is 0 Å². The fourth-order valence-corrected chi connectivity index (χ4v) is 1.56. The van der Waals surface area contributed by atoms with Gasteiger partial charge in [0.15, 0.2) is 5.78 Å². The lowest BCUT2D eigenvalue weighted by Crippen LogP contribution is -2.05. The van der Waals surface area contributed by atoms with Gasteiger partial charge in [0, 0.05) is 16.5 Å². The van der Waals surface area contributed by atoms with Crippen LogP contribution in [-0.4, -0.2) is 18.8 Å². The standard InChI is InChI=1S/C10H10BrClO2/c1-14-10-5-8(11)3-2-7(10)4-9(13)6-12/h2-3,5H,4,6H2,1H3. The fraction of sp³-hybridized carbons (Fsp3) is 0.300. The van der Waals surface area contributed by atoms with E-state index in [1.54, 1.807) is 7.11 Å². The van der Waals surface area contributed by atoms with Gasteiger partial charge in [-0.05, 0) is 12.1 Å². The van der Waals surface area contributed by atoms with E-state index in [2.05, 4.69) is 15.9 Å². The first-order valence-electron chi connectivity index (χ1n) is 4.07. The molecule has 0 aromatic heterocycles. The number of carbonyl (C=O) groups excluding carboxylic acids is 1. The Morgan fingerprint density at radius 3 is 2.86 bits per heavy atom. The highest BCUT2D eigenvalue weighted by Crippen LogP contribution is 2.23. The summed E-state index contributed by atoms with van der Waals surface area (Å²) in [5.41, 5.74) is 0.862. The van der Waals surface area contributed by atoms with Crippen molar-refractivity contribution >= 4 is 33.3 Å². The van der Waals surface area contributed by atoms with Crippen molar-refractivity contribution in [3.63, 3.8) is 0 Å². The second-order valence-corrected chi connectivity index (χ2v) is 3.99. The van der Waals surface area contributed by atoms with Crippen LogP contribution in [0.15, 0.2) is 22.7 Å². The molecule has 76 valence electrons. The van der Waals surface area contributed by atoms with Gasteiger partial charge in [-0.25, -0.2) is 0 Å². The second kappa shape index (κ2) is 5.37. The maximum atomic E-state index is 11.1. The topological polar surface area (TPSA) is 26.3 Å². The minimum atomic E-state index is -0.00714. The molecule has 2 nitrogen and oxygen atoms in total. The van der Waals surface area contributed by atoms with Gasteiger partial charge in [-0.1, -0.05) is 22.0 Å². The average molecular weight is 278 g/mol. The smallest absolute Gasteiger partial charge is 0.152 e. The number of carbonyl (C=O) groups is 1. The Bertz CT molecular complexity index is 339. The minimum Gasteiger partial charge on any atom is -0.496 e. The molecule has 0 radical (unpaired) electrons. The number of hydrogen-bond acceptors (Lipinski definition) is 2. The van der Waals surface area contributed by atoms with Gasteiger partial charge in [-0.2, -0.15) is 0 Å². The number of ether oxygens (including phenoxy) is 1. The number of halogens is 2. The van der Waals surface area contributed by atoms with Crippen LogP contribution in [0.5, 0.6) is 5.75 Å². The zero-order valence-electron chi connectivity index (χ0n) is 7.72. The minimum absolute atomic E-state index is 0.00714. The number of rotatable bonds is 4. The largest absolute Gasteiger partial charge is 0.496 e. The number of methoxy groups -OCH3 is 1. The number of alkyl halides is 1. The highest BCUT2D eigenvalue weighted by Gasteiger charge is 2.07. The van der Waals surface area contributed by atoms with E-state index in [0.29, 0.717) is 12.2 Å². The summed E-state index contributed by atoms with van der Waals surface area (Å²) in [6.45, 7) is 0. The second-order valence-electron chi connectivity index (χ2n) is 2.81. The third-order valence-electron chi connectivity index (χ3n) is 1.79. The number of ketones is 1. The molecule has 0 amide bonds. The molecule has 0 N–H and O–H groups in total. The molecule has 0 aliphatic rings. The summed E-state index contributed by atoms with van der Waals surface area (Å²) in [7, 11) is 1.58. The highest BCUT2D eigenvalue weighted by atomic mass is 79.9. The molecule has 0 saturated carbocycles. The summed E-state index contributed by atoms with van der Waals surface area (Å²) in [4.78, 5) is 11.1. The van der Waals surface area contributed by atoms with E-state index in [1.165, 1.54) is 0 Å². The average Bonchev–Trinajstić information content (AvgIpc) is 2.20. The summed E-state index contributed by atoms with van der Waals surface area (Å²) in [6.07, 6.45) is 0.319. The Morgan fingerprint density at radius 1 is 1.57 bits per heavy atom. The fourth-order valence-electron chi connectivity index (χ4n) is 1.12. The molecule has 0 heterocycles. The normalized spacial score (nSPS) is 9.93. The maximum Gasteiger partial charge on any atom is 0.152 e. The molecule has 0 spiro atoms. The van der Waals surface area contributed by atoms with Crippen LogP contribution in [-0.2, 0) is 11.2 Å². The molecule has 1 aromatic carbocycles. The Kier molecular flexibility index (Phi) is 4.42. The van der Waals surface area contributed by atoms with E-state index in [9.17, 15) is 4.79 Å². The predicted octanol–water partition coefficient (Wildman–Crippen LogP) is 2.81. The number of Topliss-reactive ketones (excluding diaryl/α,β-unsaturated/α-hetero) is 1. The summed E-state index contributed by atoms with van der Waals surface area (Å²) < 4.78 is 6.07. The molecule has 0 aliphatic heterocycles. The van der Waals surface area contributed by atoms with Gasteiger partial charge < -0.3 is 4.74 Å². The van der Waals surface area contributed by atoms with E-state index in [0.717, 1.165) is 10.0 Å². The molecule has 4 heteroatoms. The third kappa shape index (κ3) is 3.00.